The van der Waals surface area contributed by atoms with Crippen LogP contribution in [0.15, 0.2) is 61.2 Å². The van der Waals surface area contributed by atoms with Crippen molar-refractivity contribution >= 4 is 17.3 Å². The van der Waals surface area contributed by atoms with E-state index in [0.29, 0.717) is 11.8 Å². The summed E-state index contributed by atoms with van der Waals surface area (Å²) >= 11 is 0. The molecule has 0 aliphatic heterocycles. The van der Waals surface area contributed by atoms with Crippen molar-refractivity contribution in [3.8, 4) is 11.3 Å². The predicted molar refractivity (Wildman–Crippen MR) is 81.5 cm³/mol. The van der Waals surface area contributed by atoms with E-state index in [-0.39, 0.29) is 0 Å². The summed E-state index contributed by atoms with van der Waals surface area (Å²) in [6.45, 7) is 0. The van der Waals surface area contributed by atoms with Crippen molar-refractivity contribution in [2.45, 2.75) is 0 Å². The van der Waals surface area contributed by atoms with Crippen LogP contribution in [-0.2, 0) is 0 Å². The van der Waals surface area contributed by atoms with Crippen LogP contribution in [0.25, 0.3) is 16.8 Å². The van der Waals surface area contributed by atoms with Gasteiger partial charge in [0, 0.05) is 24.2 Å². The van der Waals surface area contributed by atoms with Crippen LogP contribution >= 0.6 is 0 Å². The fourth-order valence-corrected chi connectivity index (χ4v) is 2.15. The largest absolute Gasteiger partial charge is 0.309 e. The smallest absolute Gasteiger partial charge is 0.228 e. The molecule has 0 aromatic carbocycles. The molecule has 4 heterocycles. The first-order valence-electron chi connectivity index (χ1n) is 6.71. The summed E-state index contributed by atoms with van der Waals surface area (Å²) in [4.78, 5) is 12.9. The molecule has 22 heavy (non-hydrogen) atoms. The number of hydrogen-bond donors (Lipinski definition) is 1. The molecule has 4 rings (SSSR count). The zero-order valence-electron chi connectivity index (χ0n) is 11.5. The Morgan fingerprint density at radius 3 is 2.77 bits per heavy atom. The molecule has 0 bridgehead atoms. The lowest BCUT2D eigenvalue weighted by Crippen LogP contribution is -1.99. The molecule has 0 saturated heterocycles. The Bertz CT molecular complexity index is 917. The van der Waals surface area contributed by atoms with Gasteiger partial charge in [-0.2, -0.15) is 14.8 Å². The quantitative estimate of drug-likeness (QED) is 0.623. The number of anilines is 2. The Morgan fingerprint density at radius 1 is 0.864 bits per heavy atom. The van der Waals surface area contributed by atoms with Crippen molar-refractivity contribution in [3.05, 3.63) is 61.2 Å². The topological polar surface area (TPSA) is 80.9 Å². The summed E-state index contributed by atoms with van der Waals surface area (Å²) in [7, 11) is 0. The van der Waals surface area contributed by atoms with Crippen molar-refractivity contribution < 1.29 is 0 Å². The molecule has 1 N–H and O–H groups in total. The number of pyridine rings is 1. The van der Waals surface area contributed by atoms with E-state index in [4.69, 9.17) is 0 Å². The van der Waals surface area contributed by atoms with Gasteiger partial charge in [-0.1, -0.05) is 6.07 Å². The SMILES string of the molecule is c1ccc(Nc2nccc(-c3cnn4ncccc34)n2)nc1. The molecule has 4 aromatic heterocycles. The molecule has 0 unspecified atom stereocenters. The minimum atomic E-state index is 0.486. The highest BCUT2D eigenvalue weighted by Crippen LogP contribution is 2.22. The molecule has 0 saturated carbocycles. The number of nitrogens with zero attached hydrogens (tertiary/aromatic N) is 6. The third-order valence-corrected chi connectivity index (χ3v) is 3.14. The van der Waals surface area contributed by atoms with Gasteiger partial charge in [0.05, 0.1) is 17.4 Å². The van der Waals surface area contributed by atoms with E-state index in [1.807, 2.05) is 36.4 Å². The van der Waals surface area contributed by atoms with Crippen LogP contribution in [0.3, 0.4) is 0 Å². The van der Waals surface area contributed by atoms with Crippen molar-refractivity contribution in [1.29, 1.82) is 0 Å². The molecule has 0 fully saturated rings. The third-order valence-electron chi connectivity index (χ3n) is 3.14. The summed E-state index contributed by atoms with van der Waals surface area (Å²) < 4.78 is 1.57. The van der Waals surface area contributed by atoms with Crippen LogP contribution in [0.1, 0.15) is 0 Å². The average molecular weight is 289 g/mol. The number of aromatic nitrogens is 6. The lowest BCUT2D eigenvalue weighted by molar-refractivity contribution is 0.800. The molecule has 4 aromatic rings. The van der Waals surface area contributed by atoms with Crippen LogP contribution in [0.4, 0.5) is 11.8 Å². The first-order chi connectivity index (χ1) is 10.9. The van der Waals surface area contributed by atoms with Crippen molar-refractivity contribution in [2.75, 3.05) is 5.32 Å². The third kappa shape index (κ3) is 2.24. The van der Waals surface area contributed by atoms with Gasteiger partial charge < -0.3 is 5.32 Å². The van der Waals surface area contributed by atoms with Gasteiger partial charge >= 0.3 is 0 Å². The van der Waals surface area contributed by atoms with E-state index in [9.17, 15) is 0 Å². The molecule has 0 amide bonds. The molecule has 7 nitrogen and oxygen atoms in total. The van der Waals surface area contributed by atoms with Crippen LogP contribution in [-0.4, -0.2) is 29.8 Å². The van der Waals surface area contributed by atoms with E-state index in [1.165, 1.54) is 0 Å². The van der Waals surface area contributed by atoms with Crippen LogP contribution in [0.2, 0.25) is 0 Å². The molecular formula is C15H11N7. The second kappa shape index (κ2) is 5.21. The number of rotatable bonds is 3. The molecule has 7 heteroatoms. The second-order valence-corrected chi connectivity index (χ2v) is 4.56. The van der Waals surface area contributed by atoms with Gasteiger partial charge in [-0.05, 0) is 30.3 Å². The molecule has 0 aliphatic rings. The van der Waals surface area contributed by atoms with Gasteiger partial charge in [-0.3, -0.25) is 0 Å². The van der Waals surface area contributed by atoms with E-state index in [1.54, 1.807) is 29.4 Å². The maximum Gasteiger partial charge on any atom is 0.228 e. The number of nitrogens with one attached hydrogen (secondary N) is 1. The van der Waals surface area contributed by atoms with Crippen molar-refractivity contribution in [1.82, 2.24) is 29.8 Å². The monoisotopic (exact) mass is 289 g/mol. The lowest BCUT2D eigenvalue weighted by atomic mass is 10.2. The van der Waals surface area contributed by atoms with Gasteiger partial charge in [-0.15, -0.1) is 0 Å². The highest BCUT2D eigenvalue weighted by atomic mass is 15.4. The number of fused-ring (bicyclic) bond motifs is 1. The summed E-state index contributed by atoms with van der Waals surface area (Å²) in [5.74, 6) is 1.18. The standard InChI is InChI=1S/C15H11N7/c1-2-7-16-14(5-1)21-15-17-9-6-12(20-15)11-10-19-22-13(11)4-3-8-18-22/h1-10H,(H,16,17,20,21). The Hall–Kier alpha value is -3.35. The zero-order chi connectivity index (χ0) is 14.8. The lowest BCUT2D eigenvalue weighted by Gasteiger charge is -2.04. The average Bonchev–Trinajstić information content (AvgIpc) is 3.00. The fraction of sp³-hybridized carbons (Fsp3) is 0. The predicted octanol–water partition coefficient (Wildman–Crippen LogP) is 2.32. The fourth-order valence-electron chi connectivity index (χ4n) is 2.15. The summed E-state index contributed by atoms with van der Waals surface area (Å²) in [6, 6.07) is 11.3. The van der Waals surface area contributed by atoms with E-state index >= 15 is 0 Å². The van der Waals surface area contributed by atoms with Crippen LogP contribution in [0, 0.1) is 0 Å². The molecule has 106 valence electrons. The first-order valence-corrected chi connectivity index (χ1v) is 6.71. The van der Waals surface area contributed by atoms with Gasteiger partial charge in [0.25, 0.3) is 0 Å². The van der Waals surface area contributed by atoms with Gasteiger partial charge in [0.2, 0.25) is 5.95 Å². The van der Waals surface area contributed by atoms with Crippen LogP contribution < -0.4 is 5.32 Å². The van der Waals surface area contributed by atoms with Gasteiger partial charge in [0.15, 0.2) is 0 Å². The first kappa shape index (κ1) is 12.4. The molecule has 0 radical (unpaired) electrons. The Labute approximate surface area is 125 Å². The molecular weight excluding hydrogens is 278 g/mol. The molecule has 0 aliphatic carbocycles. The van der Waals surface area contributed by atoms with Gasteiger partial charge in [0.1, 0.15) is 5.82 Å². The Kier molecular flexibility index (Phi) is 2.93. The highest BCUT2D eigenvalue weighted by Gasteiger charge is 2.09. The summed E-state index contributed by atoms with van der Waals surface area (Å²) in [5, 5.41) is 11.5. The Balaban J connectivity index is 1.73. The van der Waals surface area contributed by atoms with Crippen LogP contribution in [0.5, 0.6) is 0 Å². The highest BCUT2D eigenvalue weighted by molar-refractivity contribution is 5.77. The maximum atomic E-state index is 4.52. The summed E-state index contributed by atoms with van der Waals surface area (Å²) in [6.07, 6.45) is 6.85. The van der Waals surface area contributed by atoms with E-state index in [2.05, 4.69) is 30.5 Å². The van der Waals surface area contributed by atoms with E-state index < -0.39 is 0 Å². The minimum Gasteiger partial charge on any atom is -0.309 e. The van der Waals surface area contributed by atoms with E-state index in [0.717, 1.165) is 16.8 Å². The normalized spacial score (nSPS) is 10.7. The maximum absolute atomic E-state index is 4.52. The molecule has 0 atom stereocenters. The van der Waals surface area contributed by atoms with Crippen molar-refractivity contribution in [2.24, 2.45) is 0 Å². The molecule has 0 spiro atoms. The van der Waals surface area contributed by atoms with Crippen molar-refractivity contribution in [3.63, 3.8) is 0 Å². The van der Waals surface area contributed by atoms with Gasteiger partial charge in [-0.25, -0.2) is 15.0 Å². The minimum absolute atomic E-state index is 0.486. The zero-order valence-corrected chi connectivity index (χ0v) is 11.5. The number of hydrogen-bond acceptors (Lipinski definition) is 6. The second-order valence-electron chi connectivity index (χ2n) is 4.56. The Morgan fingerprint density at radius 2 is 1.86 bits per heavy atom. The summed E-state index contributed by atoms with van der Waals surface area (Å²) in [5.41, 5.74) is 2.57.